The molecule has 136 valence electrons. The quantitative estimate of drug-likeness (QED) is 0.351. The number of amides is 1. The van der Waals surface area contributed by atoms with Crippen LogP contribution in [0.3, 0.4) is 0 Å². The SMILES string of the molecule is Nc1ccc(C(=O)N/N=C/c2ccc(OCc3ccc(Br)cc3)cc2)cc1. The summed E-state index contributed by atoms with van der Waals surface area (Å²) in [5, 5.41) is 3.97. The van der Waals surface area contributed by atoms with Crippen LogP contribution in [-0.2, 0) is 6.61 Å². The van der Waals surface area contributed by atoms with Crippen molar-refractivity contribution in [3.63, 3.8) is 0 Å². The summed E-state index contributed by atoms with van der Waals surface area (Å²) in [6, 6.07) is 22.1. The molecule has 0 aliphatic carbocycles. The zero-order chi connectivity index (χ0) is 19.1. The average Bonchev–Trinajstić information content (AvgIpc) is 2.69. The third-order valence-electron chi connectivity index (χ3n) is 3.75. The molecule has 0 aromatic heterocycles. The molecule has 6 heteroatoms. The predicted molar refractivity (Wildman–Crippen MR) is 111 cm³/mol. The summed E-state index contributed by atoms with van der Waals surface area (Å²) in [6.07, 6.45) is 1.58. The van der Waals surface area contributed by atoms with E-state index in [1.54, 1.807) is 30.5 Å². The van der Waals surface area contributed by atoms with Crippen LogP contribution in [0, 0.1) is 0 Å². The van der Waals surface area contributed by atoms with Crippen LogP contribution in [0.5, 0.6) is 5.75 Å². The third-order valence-corrected chi connectivity index (χ3v) is 4.28. The van der Waals surface area contributed by atoms with E-state index in [0.717, 1.165) is 21.3 Å². The Hall–Kier alpha value is -3.12. The Balaban J connectivity index is 1.50. The molecule has 3 aromatic rings. The van der Waals surface area contributed by atoms with Gasteiger partial charge in [-0.2, -0.15) is 5.10 Å². The van der Waals surface area contributed by atoms with Gasteiger partial charge in [-0.15, -0.1) is 0 Å². The number of nitrogens with two attached hydrogens (primary N) is 1. The van der Waals surface area contributed by atoms with Crippen molar-refractivity contribution in [3.8, 4) is 5.75 Å². The van der Waals surface area contributed by atoms with Gasteiger partial charge in [0.05, 0.1) is 6.21 Å². The van der Waals surface area contributed by atoms with E-state index in [0.29, 0.717) is 17.9 Å². The minimum absolute atomic E-state index is 0.291. The van der Waals surface area contributed by atoms with Crippen LogP contribution in [0.15, 0.2) is 82.4 Å². The van der Waals surface area contributed by atoms with Crippen LogP contribution in [0.2, 0.25) is 0 Å². The van der Waals surface area contributed by atoms with Gasteiger partial charge in [0.1, 0.15) is 12.4 Å². The maximum absolute atomic E-state index is 12.0. The first-order chi connectivity index (χ1) is 13.1. The number of hydrogen-bond acceptors (Lipinski definition) is 4. The van der Waals surface area contributed by atoms with Crippen molar-refractivity contribution in [2.45, 2.75) is 6.61 Å². The van der Waals surface area contributed by atoms with Crippen molar-refractivity contribution in [2.75, 3.05) is 5.73 Å². The lowest BCUT2D eigenvalue weighted by atomic mass is 10.2. The second-order valence-corrected chi connectivity index (χ2v) is 6.72. The van der Waals surface area contributed by atoms with Gasteiger partial charge in [0.25, 0.3) is 5.91 Å². The highest BCUT2D eigenvalue weighted by atomic mass is 79.9. The molecule has 0 aliphatic heterocycles. The molecule has 0 saturated carbocycles. The van der Waals surface area contributed by atoms with E-state index >= 15 is 0 Å². The van der Waals surface area contributed by atoms with E-state index in [2.05, 4.69) is 26.5 Å². The first kappa shape index (κ1) is 18.7. The lowest BCUT2D eigenvalue weighted by Gasteiger charge is -2.06. The number of carbonyl (C=O) groups excluding carboxylic acids is 1. The summed E-state index contributed by atoms with van der Waals surface area (Å²) < 4.78 is 6.80. The van der Waals surface area contributed by atoms with Crippen LogP contribution in [0.4, 0.5) is 5.69 Å². The van der Waals surface area contributed by atoms with Crippen molar-refractivity contribution in [3.05, 3.63) is 94.0 Å². The first-order valence-electron chi connectivity index (χ1n) is 8.26. The maximum Gasteiger partial charge on any atom is 0.271 e. The van der Waals surface area contributed by atoms with Gasteiger partial charge in [0.15, 0.2) is 0 Å². The molecule has 3 N–H and O–H groups in total. The van der Waals surface area contributed by atoms with Crippen molar-refractivity contribution < 1.29 is 9.53 Å². The number of anilines is 1. The van der Waals surface area contributed by atoms with E-state index in [-0.39, 0.29) is 5.91 Å². The number of nitrogens with one attached hydrogen (secondary N) is 1. The van der Waals surface area contributed by atoms with Gasteiger partial charge in [0.2, 0.25) is 0 Å². The van der Waals surface area contributed by atoms with Gasteiger partial charge in [-0.25, -0.2) is 5.43 Å². The molecular weight excluding hydrogens is 406 g/mol. The zero-order valence-corrected chi connectivity index (χ0v) is 16.0. The van der Waals surface area contributed by atoms with Crippen LogP contribution < -0.4 is 15.9 Å². The number of benzene rings is 3. The predicted octanol–water partition coefficient (Wildman–Crippen LogP) is 4.37. The Kier molecular flexibility index (Phi) is 6.22. The Bertz CT molecular complexity index is 921. The number of nitrogen functional groups attached to an aromatic ring is 1. The van der Waals surface area contributed by atoms with Crippen LogP contribution in [0.1, 0.15) is 21.5 Å². The summed E-state index contributed by atoms with van der Waals surface area (Å²) in [7, 11) is 0. The van der Waals surface area contributed by atoms with Gasteiger partial charge in [-0.3, -0.25) is 4.79 Å². The van der Waals surface area contributed by atoms with E-state index in [9.17, 15) is 4.79 Å². The third kappa shape index (κ3) is 5.69. The van der Waals surface area contributed by atoms with Gasteiger partial charge in [0, 0.05) is 15.7 Å². The zero-order valence-electron chi connectivity index (χ0n) is 14.4. The Morgan fingerprint density at radius 1 is 1.00 bits per heavy atom. The normalized spacial score (nSPS) is 10.7. The fraction of sp³-hybridized carbons (Fsp3) is 0.0476. The summed E-state index contributed by atoms with van der Waals surface area (Å²) in [5.74, 6) is 0.474. The molecule has 0 radical (unpaired) electrons. The molecule has 0 aliphatic rings. The van der Waals surface area contributed by atoms with E-state index in [1.165, 1.54) is 0 Å². The van der Waals surface area contributed by atoms with Gasteiger partial charge >= 0.3 is 0 Å². The largest absolute Gasteiger partial charge is 0.489 e. The lowest BCUT2D eigenvalue weighted by molar-refractivity contribution is 0.0955. The van der Waals surface area contributed by atoms with E-state index in [4.69, 9.17) is 10.5 Å². The van der Waals surface area contributed by atoms with E-state index in [1.807, 2.05) is 48.5 Å². The van der Waals surface area contributed by atoms with Gasteiger partial charge < -0.3 is 10.5 Å². The molecule has 0 unspecified atom stereocenters. The van der Waals surface area contributed by atoms with Crippen LogP contribution >= 0.6 is 15.9 Å². The fourth-order valence-electron chi connectivity index (χ4n) is 2.26. The molecule has 0 spiro atoms. The second kappa shape index (κ2) is 9.00. The molecule has 0 fully saturated rings. The molecule has 27 heavy (non-hydrogen) atoms. The smallest absolute Gasteiger partial charge is 0.271 e. The number of rotatable bonds is 6. The molecule has 3 aromatic carbocycles. The highest BCUT2D eigenvalue weighted by Crippen LogP contribution is 2.15. The minimum atomic E-state index is -0.291. The molecule has 0 heterocycles. The Labute approximate surface area is 166 Å². The molecule has 0 saturated heterocycles. The fourth-order valence-corrected chi connectivity index (χ4v) is 2.53. The van der Waals surface area contributed by atoms with Gasteiger partial charge in [-0.05, 0) is 71.8 Å². The van der Waals surface area contributed by atoms with Gasteiger partial charge in [-0.1, -0.05) is 28.1 Å². The van der Waals surface area contributed by atoms with Crippen molar-refractivity contribution in [2.24, 2.45) is 5.10 Å². The number of hydrogen-bond donors (Lipinski definition) is 2. The number of halogens is 1. The topological polar surface area (TPSA) is 76.7 Å². The van der Waals surface area contributed by atoms with Crippen molar-refractivity contribution >= 4 is 33.7 Å². The average molecular weight is 424 g/mol. The molecule has 0 bridgehead atoms. The molecule has 0 atom stereocenters. The summed E-state index contributed by atoms with van der Waals surface area (Å²) in [4.78, 5) is 12.0. The molecule has 5 nitrogen and oxygen atoms in total. The minimum Gasteiger partial charge on any atom is -0.489 e. The molecule has 3 rings (SSSR count). The summed E-state index contributed by atoms with van der Waals surface area (Å²) >= 11 is 3.41. The highest BCUT2D eigenvalue weighted by molar-refractivity contribution is 9.10. The number of carbonyl (C=O) groups is 1. The molecule has 1 amide bonds. The number of nitrogens with zero attached hydrogens (tertiary/aromatic N) is 1. The monoisotopic (exact) mass is 423 g/mol. The summed E-state index contributed by atoms with van der Waals surface area (Å²) in [6.45, 7) is 0.498. The second-order valence-electron chi connectivity index (χ2n) is 5.81. The first-order valence-corrected chi connectivity index (χ1v) is 9.06. The highest BCUT2D eigenvalue weighted by Gasteiger charge is 2.03. The van der Waals surface area contributed by atoms with Crippen LogP contribution in [0.25, 0.3) is 0 Å². The van der Waals surface area contributed by atoms with E-state index < -0.39 is 0 Å². The number of ether oxygens (including phenoxy) is 1. The Morgan fingerprint density at radius 2 is 1.67 bits per heavy atom. The summed E-state index contributed by atoms with van der Waals surface area (Å²) in [5.41, 5.74) is 11.1. The maximum atomic E-state index is 12.0. The Morgan fingerprint density at radius 3 is 2.33 bits per heavy atom. The van der Waals surface area contributed by atoms with Crippen LogP contribution in [-0.4, -0.2) is 12.1 Å². The van der Waals surface area contributed by atoms with Crippen molar-refractivity contribution in [1.82, 2.24) is 5.43 Å². The molecular formula is C21H18BrN3O2. The van der Waals surface area contributed by atoms with Crippen molar-refractivity contribution in [1.29, 1.82) is 0 Å². The lowest BCUT2D eigenvalue weighted by Crippen LogP contribution is -2.17. The standard InChI is InChI=1S/C21H18BrN3O2/c22-18-7-1-16(2-8-18)14-27-20-11-3-15(4-12-20)13-24-25-21(26)17-5-9-19(23)10-6-17/h1-13H,14,23H2,(H,25,26)/b24-13+. The number of hydrazone groups is 1.